The minimum atomic E-state index is -4.32. The van der Waals surface area contributed by atoms with Crippen LogP contribution in [0.15, 0.2) is 59.6 Å². The van der Waals surface area contributed by atoms with Gasteiger partial charge in [-0.05, 0) is 23.3 Å². The average Bonchev–Trinajstić information content (AvgIpc) is 2.67. The summed E-state index contributed by atoms with van der Waals surface area (Å²) in [6.45, 7) is 0.192. The van der Waals surface area contributed by atoms with Gasteiger partial charge in [0.25, 0.3) is 0 Å². The first-order valence-corrected chi connectivity index (χ1v) is 8.81. The first kappa shape index (κ1) is 25.0. The fourth-order valence-corrected chi connectivity index (χ4v) is 2.38. The van der Waals surface area contributed by atoms with Crippen molar-refractivity contribution in [3.05, 3.63) is 65.7 Å². The number of nitrogens with one attached hydrogen (secondary N) is 2. The number of para-hydroxylation sites is 1. The van der Waals surface area contributed by atoms with Gasteiger partial charge >= 0.3 is 6.18 Å². The second kappa shape index (κ2) is 13.3. The molecule has 0 saturated heterocycles. The van der Waals surface area contributed by atoms with Gasteiger partial charge in [0.05, 0.1) is 13.2 Å². The molecule has 0 fully saturated rings. The molecule has 0 bridgehead atoms. The van der Waals surface area contributed by atoms with Gasteiger partial charge in [0.1, 0.15) is 19.0 Å². The van der Waals surface area contributed by atoms with Crippen LogP contribution in [0.4, 0.5) is 13.2 Å². The molecule has 2 aromatic rings. The summed E-state index contributed by atoms with van der Waals surface area (Å²) in [6.07, 6.45) is -4.32. The molecule has 2 aromatic carbocycles. The van der Waals surface area contributed by atoms with Crippen molar-refractivity contribution in [1.82, 2.24) is 10.6 Å². The van der Waals surface area contributed by atoms with Crippen molar-refractivity contribution in [3.8, 4) is 5.75 Å². The fourth-order valence-electron chi connectivity index (χ4n) is 2.38. The zero-order valence-corrected chi connectivity index (χ0v) is 18.4. The molecule has 0 saturated carbocycles. The molecule has 160 valence electrons. The Morgan fingerprint density at radius 3 is 2.41 bits per heavy atom. The summed E-state index contributed by atoms with van der Waals surface area (Å²) in [5.41, 5.74) is 1.60. The molecule has 0 radical (unpaired) electrons. The number of benzene rings is 2. The van der Waals surface area contributed by atoms with Crippen LogP contribution in [0.1, 0.15) is 11.1 Å². The number of halogens is 4. The van der Waals surface area contributed by atoms with Gasteiger partial charge in [-0.25, -0.2) is 0 Å². The Balaban J connectivity index is 0.00000420. The number of aliphatic imine (C=N–C) groups is 1. The molecular weight excluding hydrogens is 498 g/mol. The molecule has 0 aromatic heterocycles. The SMILES string of the molecule is CN=C(NCCOc1ccccc1)NCc1cccc(COCC(F)(F)F)c1.I. The van der Waals surface area contributed by atoms with Crippen LogP contribution in [0.2, 0.25) is 0 Å². The molecule has 0 aliphatic rings. The lowest BCUT2D eigenvalue weighted by Crippen LogP contribution is -2.38. The summed E-state index contributed by atoms with van der Waals surface area (Å²) in [5, 5.41) is 6.29. The second-order valence-electron chi connectivity index (χ2n) is 5.94. The topological polar surface area (TPSA) is 54.9 Å². The van der Waals surface area contributed by atoms with E-state index in [9.17, 15) is 13.2 Å². The van der Waals surface area contributed by atoms with Gasteiger partial charge in [-0.1, -0.05) is 42.5 Å². The van der Waals surface area contributed by atoms with Gasteiger partial charge in [0.2, 0.25) is 0 Å². The standard InChI is InChI=1S/C20H24F3N3O2.HI/c1-24-19(25-10-11-28-18-8-3-2-4-9-18)26-13-16-6-5-7-17(12-16)14-27-15-20(21,22)23;/h2-9,12H,10-11,13-15H2,1H3,(H2,24,25,26);1H. The maximum absolute atomic E-state index is 12.1. The van der Waals surface area contributed by atoms with Crippen LogP contribution < -0.4 is 15.4 Å². The number of hydrogen-bond donors (Lipinski definition) is 2. The largest absolute Gasteiger partial charge is 0.492 e. The number of rotatable bonds is 9. The summed E-state index contributed by atoms with van der Waals surface area (Å²) in [6, 6.07) is 16.7. The monoisotopic (exact) mass is 523 g/mol. The van der Waals surface area contributed by atoms with E-state index in [0.717, 1.165) is 11.3 Å². The van der Waals surface area contributed by atoms with Crippen molar-refractivity contribution >= 4 is 29.9 Å². The molecule has 0 spiro atoms. The summed E-state index contributed by atoms with van der Waals surface area (Å²) < 4.78 is 46.7. The average molecular weight is 523 g/mol. The number of nitrogens with zero attached hydrogens (tertiary/aromatic N) is 1. The highest BCUT2D eigenvalue weighted by molar-refractivity contribution is 14.0. The molecule has 0 atom stereocenters. The van der Waals surface area contributed by atoms with Crippen LogP contribution in [0.5, 0.6) is 5.75 Å². The number of ether oxygens (including phenoxy) is 2. The molecule has 0 heterocycles. The lowest BCUT2D eigenvalue weighted by Gasteiger charge is -2.13. The van der Waals surface area contributed by atoms with Crippen LogP contribution in [0, 0.1) is 0 Å². The van der Waals surface area contributed by atoms with Gasteiger partial charge < -0.3 is 20.1 Å². The number of guanidine groups is 1. The quantitative estimate of drug-likeness (QED) is 0.225. The predicted molar refractivity (Wildman–Crippen MR) is 118 cm³/mol. The molecule has 29 heavy (non-hydrogen) atoms. The Morgan fingerprint density at radius 2 is 1.72 bits per heavy atom. The molecular formula is C20H25F3IN3O2. The van der Waals surface area contributed by atoms with Gasteiger partial charge in [0.15, 0.2) is 5.96 Å². The third-order valence-corrected chi connectivity index (χ3v) is 3.62. The minimum absolute atomic E-state index is 0. The van der Waals surface area contributed by atoms with E-state index in [-0.39, 0.29) is 30.6 Å². The van der Waals surface area contributed by atoms with E-state index in [2.05, 4.69) is 15.6 Å². The van der Waals surface area contributed by atoms with Crippen LogP contribution in [0.25, 0.3) is 0 Å². The van der Waals surface area contributed by atoms with Crippen molar-refractivity contribution in [2.75, 3.05) is 26.8 Å². The Hall–Kier alpha value is -2.01. The zero-order chi connectivity index (χ0) is 20.2. The van der Waals surface area contributed by atoms with Crippen molar-refractivity contribution < 1.29 is 22.6 Å². The third kappa shape index (κ3) is 10.9. The Kier molecular flexibility index (Phi) is 11.4. The molecule has 0 aliphatic carbocycles. The highest BCUT2D eigenvalue weighted by Gasteiger charge is 2.27. The molecule has 0 aliphatic heterocycles. The van der Waals surface area contributed by atoms with E-state index >= 15 is 0 Å². The minimum Gasteiger partial charge on any atom is -0.492 e. The van der Waals surface area contributed by atoms with Crippen molar-refractivity contribution in [2.45, 2.75) is 19.3 Å². The van der Waals surface area contributed by atoms with E-state index < -0.39 is 12.8 Å². The van der Waals surface area contributed by atoms with Crippen LogP contribution in [-0.2, 0) is 17.9 Å². The Labute approximate surface area is 185 Å². The summed E-state index contributed by atoms with van der Waals surface area (Å²) in [7, 11) is 1.66. The molecule has 0 amide bonds. The molecule has 5 nitrogen and oxygen atoms in total. The van der Waals surface area contributed by atoms with Crippen molar-refractivity contribution in [2.24, 2.45) is 4.99 Å². The van der Waals surface area contributed by atoms with Gasteiger partial charge in [-0.2, -0.15) is 13.2 Å². The first-order chi connectivity index (χ1) is 13.5. The van der Waals surface area contributed by atoms with E-state index in [1.165, 1.54) is 0 Å². The molecule has 0 unspecified atom stereocenters. The van der Waals surface area contributed by atoms with E-state index in [1.54, 1.807) is 25.2 Å². The van der Waals surface area contributed by atoms with E-state index in [4.69, 9.17) is 9.47 Å². The summed E-state index contributed by atoms with van der Waals surface area (Å²) >= 11 is 0. The Morgan fingerprint density at radius 1 is 1.00 bits per heavy atom. The highest BCUT2D eigenvalue weighted by atomic mass is 127. The van der Waals surface area contributed by atoms with Gasteiger partial charge in [-0.15, -0.1) is 24.0 Å². The van der Waals surface area contributed by atoms with Crippen LogP contribution in [-0.4, -0.2) is 38.9 Å². The lowest BCUT2D eigenvalue weighted by atomic mass is 10.1. The number of hydrogen-bond acceptors (Lipinski definition) is 3. The zero-order valence-electron chi connectivity index (χ0n) is 16.0. The maximum atomic E-state index is 12.1. The highest BCUT2D eigenvalue weighted by Crippen LogP contribution is 2.16. The molecule has 9 heteroatoms. The summed E-state index contributed by atoms with van der Waals surface area (Å²) in [4.78, 5) is 4.14. The summed E-state index contributed by atoms with van der Waals surface area (Å²) in [5.74, 6) is 1.41. The smallest absolute Gasteiger partial charge is 0.411 e. The van der Waals surface area contributed by atoms with Crippen molar-refractivity contribution in [3.63, 3.8) is 0 Å². The van der Waals surface area contributed by atoms with E-state index in [1.807, 2.05) is 36.4 Å². The fraction of sp³-hybridized carbons (Fsp3) is 0.350. The molecule has 2 rings (SSSR count). The predicted octanol–water partition coefficient (Wildman–Crippen LogP) is 4.13. The van der Waals surface area contributed by atoms with Crippen LogP contribution in [0.3, 0.4) is 0 Å². The van der Waals surface area contributed by atoms with Gasteiger partial charge in [-0.3, -0.25) is 4.99 Å². The third-order valence-electron chi connectivity index (χ3n) is 3.62. The lowest BCUT2D eigenvalue weighted by molar-refractivity contribution is -0.176. The van der Waals surface area contributed by atoms with Crippen LogP contribution >= 0.6 is 24.0 Å². The maximum Gasteiger partial charge on any atom is 0.411 e. The van der Waals surface area contributed by atoms with Gasteiger partial charge in [0, 0.05) is 13.6 Å². The van der Waals surface area contributed by atoms with Crippen molar-refractivity contribution in [1.29, 1.82) is 0 Å². The number of alkyl halides is 3. The Bertz CT molecular complexity index is 743. The second-order valence-corrected chi connectivity index (χ2v) is 5.94. The van der Waals surface area contributed by atoms with E-state index in [0.29, 0.717) is 31.2 Å². The first-order valence-electron chi connectivity index (χ1n) is 8.81. The normalized spacial score (nSPS) is 11.5. The molecule has 2 N–H and O–H groups in total.